The van der Waals surface area contributed by atoms with Gasteiger partial charge in [-0.3, -0.25) is 4.79 Å². The average molecular weight is 295 g/mol. The molecule has 5 heteroatoms. The third-order valence-electron chi connectivity index (χ3n) is 2.67. The van der Waals surface area contributed by atoms with Gasteiger partial charge in [-0.1, -0.05) is 41.4 Å². The van der Waals surface area contributed by atoms with E-state index < -0.39 is 0 Å². The molecule has 0 aliphatic carbocycles. The van der Waals surface area contributed by atoms with Gasteiger partial charge in [0.15, 0.2) is 0 Å². The van der Waals surface area contributed by atoms with Gasteiger partial charge in [-0.2, -0.15) is 0 Å². The van der Waals surface area contributed by atoms with Gasteiger partial charge < -0.3 is 4.90 Å². The van der Waals surface area contributed by atoms with Crippen LogP contribution in [0.5, 0.6) is 0 Å². The molecule has 98 valence electrons. The molecule has 19 heavy (non-hydrogen) atoms. The average Bonchev–Trinajstić information content (AvgIpc) is 2.44. The number of carbonyl (C=O) groups is 1. The molecule has 0 bridgehead atoms. The molecule has 3 nitrogen and oxygen atoms in total. The predicted molar refractivity (Wildman–Crippen MR) is 78.0 cm³/mol. The van der Waals surface area contributed by atoms with Gasteiger partial charge in [0.25, 0.3) is 5.91 Å². The summed E-state index contributed by atoms with van der Waals surface area (Å²) >= 11 is 11.6. The number of pyridine rings is 1. The third-order valence-corrected chi connectivity index (χ3v) is 3.36. The summed E-state index contributed by atoms with van der Waals surface area (Å²) in [5.41, 5.74) is 1.25. The summed E-state index contributed by atoms with van der Waals surface area (Å²) in [5.74, 6) is -0.153. The number of anilines is 1. The number of benzene rings is 1. The van der Waals surface area contributed by atoms with Gasteiger partial charge in [0.2, 0.25) is 0 Å². The van der Waals surface area contributed by atoms with E-state index >= 15 is 0 Å². The third kappa shape index (κ3) is 3.06. The summed E-state index contributed by atoms with van der Waals surface area (Å²) in [5, 5.41) is 0.470. The molecular formula is C14H12Cl2N2O. The van der Waals surface area contributed by atoms with Gasteiger partial charge in [-0.15, -0.1) is 0 Å². The fourth-order valence-electron chi connectivity index (χ4n) is 1.75. The zero-order valence-corrected chi connectivity index (χ0v) is 11.8. The summed E-state index contributed by atoms with van der Waals surface area (Å²) in [6.07, 6.45) is 1.43. The van der Waals surface area contributed by atoms with Crippen LogP contribution in [-0.4, -0.2) is 17.4 Å². The van der Waals surface area contributed by atoms with Crippen molar-refractivity contribution in [3.8, 4) is 0 Å². The number of nitrogens with zero attached hydrogens (tertiary/aromatic N) is 2. The van der Waals surface area contributed by atoms with Gasteiger partial charge >= 0.3 is 0 Å². The predicted octanol–water partition coefficient (Wildman–Crippen LogP) is 4.06. The summed E-state index contributed by atoms with van der Waals surface area (Å²) < 4.78 is 0. The Morgan fingerprint density at radius 2 is 1.95 bits per heavy atom. The van der Waals surface area contributed by atoms with Crippen molar-refractivity contribution in [2.24, 2.45) is 0 Å². The van der Waals surface area contributed by atoms with E-state index in [2.05, 4.69) is 4.98 Å². The highest BCUT2D eigenvalue weighted by molar-refractivity contribution is 6.41. The molecule has 0 aliphatic rings. The zero-order valence-electron chi connectivity index (χ0n) is 10.3. The molecule has 0 unspecified atom stereocenters. The van der Waals surface area contributed by atoms with Crippen molar-refractivity contribution < 1.29 is 4.79 Å². The lowest BCUT2D eigenvalue weighted by molar-refractivity contribution is 0.0988. The highest BCUT2D eigenvalue weighted by Crippen LogP contribution is 2.22. The Kier molecular flexibility index (Phi) is 4.40. The Morgan fingerprint density at radius 3 is 2.53 bits per heavy atom. The molecule has 0 N–H and O–H groups in total. The van der Waals surface area contributed by atoms with Gasteiger partial charge in [0.1, 0.15) is 5.15 Å². The molecule has 0 saturated carbocycles. The first kappa shape index (κ1) is 13.8. The van der Waals surface area contributed by atoms with Crippen LogP contribution in [-0.2, 0) is 0 Å². The second kappa shape index (κ2) is 6.04. The van der Waals surface area contributed by atoms with Crippen molar-refractivity contribution in [1.82, 2.24) is 4.98 Å². The quantitative estimate of drug-likeness (QED) is 0.800. The van der Waals surface area contributed by atoms with E-state index in [1.165, 1.54) is 12.3 Å². The molecule has 1 aromatic carbocycles. The summed E-state index contributed by atoms with van der Waals surface area (Å²) in [6.45, 7) is 2.47. The normalized spacial score (nSPS) is 10.3. The van der Waals surface area contributed by atoms with E-state index in [4.69, 9.17) is 23.2 Å². The molecule has 2 aromatic rings. The lowest BCUT2D eigenvalue weighted by atomic mass is 10.2. The second-order valence-corrected chi connectivity index (χ2v) is 4.65. The van der Waals surface area contributed by atoms with Crippen molar-refractivity contribution in [1.29, 1.82) is 0 Å². The van der Waals surface area contributed by atoms with Gasteiger partial charge in [0, 0.05) is 18.4 Å². The molecule has 0 radical (unpaired) electrons. The van der Waals surface area contributed by atoms with E-state index in [0.29, 0.717) is 12.1 Å². The molecule has 0 atom stereocenters. The van der Waals surface area contributed by atoms with Crippen LogP contribution in [0.15, 0.2) is 42.6 Å². The topological polar surface area (TPSA) is 33.2 Å². The zero-order chi connectivity index (χ0) is 13.8. The number of hydrogen-bond donors (Lipinski definition) is 0. The maximum Gasteiger partial charge on any atom is 0.259 e. The first-order valence-corrected chi connectivity index (χ1v) is 6.57. The van der Waals surface area contributed by atoms with Crippen LogP contribution in [0, 0.1) is 0 Å². The van der Waals surface area contributed by atoms with E-state index in [9.17, 15) is 4.79 Å². The van der Waals surface area contributed by atoms with Crippen molar-refractivity contribution in [3.63, 3.8) is 0 Å². The Balaban J connectivity index is 2.33. The highest BCUT2D eigenvalue weighted by Gasteiger charge is 2.17. The lowest BCUT2D eigenvalue weighted by Gasteiger charge is -2.21. The molecule has 2 rings (SSSR count). The number of amides is 1. The molecule has 0 aliphatic heterocycles. The number of carbonyl (C=O) groups excluding carboxylic acids is 1. The molecule has 1 amide bonds. The van der Waals surface area contributed by atoms with Crippen molar-refractivity contribution in [3.05, 3.63) is 58.3 Å². The van der Waals surface area contributed by atoms with Crippen molar-refractivity contribution in [2.75, 3.05) is 11.4 Å². The minimum atomic E-state index is -0.153. The first-order valence-electron chi connectivity index (χ1n) is 5.81. The summed E-state index contributed by atoms with van der Waals surface area (Å²) in [6, 6.07) is 11.0. The SMILES string of the molecule is CCN(C(=O)c1cnc(Cl)c(Cl)c1)c1ccccc1. The van der Waals surface area contributed by atoms with Gasteiger partial charge in [-0.05, 0) is 25.1 Å². The van der Waals surface area contributed by atoms with Crippen molar-refractivity contribution in [2.45, 2.75) is 6.92 Å². The van der Waals surface area contributed by atoms with Gasteiger partial charge in [0.05, 0.1) is 10.6 Å². The smallest absolute Gasteiger partial charge is 0.259 e. The van der Waals surface area contributed by atoms with Crippen LogP contribution in [0.3, 0.4) is 0 Å². The Hall–Kier alpha value is -1.58. The molecule has 1 aromatic heterocycles. The van der Waals surface area contributed by atoms with Crippen LogP contribution < -0.4 is 4.90 Å². The molecular weight excluding hydrogens is 283 g/mol. The number of hydrogen-bond acceptors (Lipinski definition) is 2. The highest BCUT2D eigenvalue weighted by atomic mass is 35.5. The standard InChI is InChI=1S/C14H12Cl2N2O/c1-2-18(11-6-4-3-5-7-11)14(19)10-8-12(15)13(16)17-9-10/h3-9H,2H2,1H3. The van der Waals surface area contributed by atoms with E-state index in [1.807, 2.05) is 37.3 Å². The largest absolute Gasteiger partial charge is 0.309 e. The van der Waals surface area contributed by atoms with Crippen LogP contribution in [0.2, 0.25) is 10.2 Å². The molecule has 1 heterocycles. The maximum atomic E-state index is 12.4. The second-order valence-electron chi connectivity index (χ2n) is 3.88. The van der Waals surface area contributed by atoms with Crippen LogP contribution >= 0.6 is 23.2 Å². The number of halogens is 2. The fraction of sp³-hybridized carbons (Fsp3) is 0.143. The van der Waals surface area contributed by atoms with Crippen molar-refractivity contribution >= 4 is 34.8 Å². The minimum absolute atomic E-state index is 0.153. The van der Waals surface area contributed by atoms with Gasteiger partial charge in [-0.25, -0.2) is 4.98 Å². The summed E-state index contributed by atoms with van der Waals surface area (Å²) in [4.78, 5) is 18.0. The Labute approximate surface area is 121 Å². The minimum Gasteiger partial charge on any atom is -0.309 e. The Bertz CT molecular complexity index is 587. The number of aromatic nitrogens is 1. The van der Waals surface area contributed by atoms with E-state index in [-0.39, 0.29) is 16.1 Å². The molecule has 0 saturated heterocycles. The fourth-order valence-corrected chi connectivity index (χ4v) is 2.02. The summed E-state index contributed by atoms with van der Waals surface area (Å²) in [7, 11) is 0. The van der Waals surface area contributed by atoms with Crippen LogP contribution in [0.25, 0.3) is 0 Å². The Morgan fingerprint density at radius 1 is 1.26 bits per heavy atom. The molecule has 0 spiro atoms. The monoisotopic (exact) mass is 294 g/mol. The lowest BCUT2D eigenvalue weighted by Crippen LogP contribution is -2.30. The maximum absolute atomic E-state index is 12.4. The van der Waals surface area contributed by atoms with E-state index in [0.717, 1.165) is 5.69 Å². The number of para-hydroxylation sites is 1. The van der Waals surface area contributed by atoms with Crippen LogP contribution in [0.1, 0.15) is 17.3 Å². The molecule has 0 fully saturated rings. The number of rotatable bonds is 3. The van der Waals surface area contributed by atoms with Crippen LogP contribution in [0.4, 0.5) is 5.69 Å². The van der Waals surface area contributed by atoms with E-state index in [1.54, 1.807) is 4.90 Å². The first-order chi connectivity index (χ1) is 9.13.